The lowest BCUT2D eigenvalue weighted by atomic mass is 9.92. The summed E-state index contributed by atoms with van der Waals surface area (Å²) >= 11 is 0. The van der Waals surface area contributed by atoms with Gasteiger partial charge in [0.05, 0.1) is 17.8 Å². The second-order valence-electron chi connectivity index (χ2n) is 5.26. The molecule has 2 unspecified atom stereocenters. The topological polar surface area (TPSA) is 67.1 Å². The highest BCUT2D eigenvalue weighted by molar-refractivity contribution is 5.41. The van der Waals surface area contributed by atoms with Crippen LogP contribution < -0.4 is 4.90 Å². The van der Waals surface area contributed by atoms with Crippen molar-refractivity contribution in [2.24, 2.45) is 0 Å². The molecule has 1 saturated carbocycles. The van der Waals surface area contributed by atoms with Crippen molar-refractivity contribution >= 4 is 5.95 Å². The van der Waals surface area contributed by atoms with Crippen LogP contribution in [0.2, 0.25) is 0 Å². The van der Waals surface area contributed by atoms with Crippen molar-refractivity contribution in [3.8, 4) is 5.69 Å². The molecule has 106 valence electrons. The highest BCUT2D eigenvalue weighted by atomic mass is 16.3. The predicted octanol–water partition coefficient (Wildman–Crippen LogP) is 1.40. The summed E-state index contributed by atoms with van der Waals surface area (Å²) < 4.78 is 1.71. The standard InChI is InChI=1S/C14H19N5O/c1-18(12-9-5-6-10-13(12)20)14-15-16-17-19(14)11-7-3-2-4-8-11/h2-4,7-8,12-13,20H,5-6,9-10H2,1H3. The van der Waals surface area contributed by atoms with Crippen LogP contribution in [0.25, 0.3) is 5.69 Å². The number of tetrazole rings is 1. The molecule has 0 amide bonds. The Kier molecular flexibility index (Phi) is 3.64. The molecule has 0 radical (unpaired) electrons. The van der Waals surface area contributed by atoms with E-state index in [-0.39, 0.29) is 12.1 Å². The Morgan fingerprint density at radius 1 is 1.20 bits per heavy atom. The monoisotopic (exact) mass is 273 g/mol. The van der Waals surface area contributed by atoms with Crippen LogP contribution in [0.3, 0.4) is 0 Å². The third-order valence-corrected chi connectivity index (χ3v) is 3.96. The van der Waals surface area contributed by atoms with Gasteiger partial charge in [0.15, 0.2) is 0 Å². The van der Waals surface area contributed by atoms with E-state index in [1.165, 1.54) is 0 Å². The average Bonchev–Trinajstić information content (AvgIpc) is 2.97. The summed E-state index contributed by atoms with van der Waals surface area (Å²) in [4.78, 5) is 2.00. The van der Waals surface area contributed by atoms with E-state index in [2.05, 4.69) is 15.5 Å². The maximum atomic E-state index is 10.2. The molecule has 1 aromatic heterocycles. The van der Waals surface area contributed by atoms with Gasteiger partial charge in [-0.25, -0.2) is 0 Å². The number of aromatic nitrogens is 4. The summed E-state index contributed by atoms with van der Waals surface area (Å²) in [5.74, 6) is 0.669. The number of benzene rings is 1. The minimum atomic E-state index is -0.310. The van der Waals surface area contributed by atoms with Crippen LogP contribution in [0, 0.1) is 0 Å². The molecule has 2 atom stereocenters. The number of aliphatic hydroxyl groups is 1. The summed E-state index contributed by atoms with van der Waals surface area (Å²) in [5, 5.41) is 22.1. The number of anilines is 1. The van der Waals surface area contributed by atoms with Crippen molar-refractivity contribution in [2.45, 2.75) is 37.8 Å². The highest BCUT2D eigenvalue weighted by Crippen LogP contribution is 2.26. The molecule has 1 aliphatic rings. The molecule has 1 fully saturated rings. The fraction of sp³-hybridized carbons (Fsp3) is 0.500. The Balaban J connectivity index is 1.89. The van der Waals surface area contributed by atoms with Crippen LogP contribution in [0.1, 0.15) is 25.7 Å². The molecular weight excluding hydrogens is 254 g/mol. The third kappa shape index (κ3) is 2.38. The number of nitrogens with zero attached hydrogens (tertiary/aromatic N) is 5. The van der Waals surface area contributed by atoms with Gasteiger partial charge in [0.1, 0.15) is 0 Å². The molecule has 1 aliphatic carbocycles. The molecule has 1 aromatic carbocycles. The Labute approximate surface area is 118 Å². The van der Waals surface area contributed by atoms with E-state index in [0.717, 1.165) is 31.4 Å². The van der Waals surface area contributed by atoms with Crippen LogP contribution in [-0.2, 0) is 0 Å². The van der Waals surface area contributed by atoms with Gasteiger partial charge in [-0.3, -0.25) is 0 Å². The van der Waals surface area contributed by atoms with E-state index in [4.69, 9.17) is 0 Å². The van der Waals surface area contributed by atoms with E-state index < -0.39 is 0 Å². The van der Waals surface area contributed by atoms with E-state index in [1.54, 1.807) is 4.68 Å². The molecule has 3 rings (SSSR count). The van der Waals surface area contributed by atoms with Gasteiger partial charge >= 0.3 is 0 Å². The van der Waals surface area contributed by atoms with Gasteiger partial charge < -0.3 is 10.0 Å². The van der Waals surface area contributed by atoms with Gasteiger partial charge in [0.2, 0.25) is 5.95 Å². The molecule has 6 heteroatoms. The van der Waals surface area contributed by atoms with E-state index in [0.29, 0.717) is 5.95 Å². The zero-order valence-corrected chi connectivity index (χ0v) is 11.6. The quantitative estimate of drug-likeness (QED) is 0.915. The molecule has 6 nitrogen and oxygen atoms in total. The Bertz CT molecular complexity index is 556. The van der Waals surface area contributed by atoms with Gasteiger partial charge in [-0.1, -0.05) is 36.1 Å². The van der Waals surface area contributed by atoms with Gasteiger partial charge in [0.25, 0.3) is 0 Å². The maximum Gasteiger partial charge on any atom is 0.250 e. The number of hydrogen-bond acceptors (Lipinski definition) is 5. The first-order valence-corrected chi connectivity index (χ1v) is 7.02. The fourth-order valence-electron chi connectivity index (χ4n) is 2.83. The number of rotatable bonds is 3. The lowest BCUT2D eigenvalue weighted by Gasteiger charge is -2.35. The van der Waals surface area contributed by atoms with Crippen LogP contribution >= 0.6 is 0 Å². The number of likely N-dealkylation sites (N-methyl/N-ethyl adjacent to an activating group) is 1. The number of aliphatic hydroxyl groups excluding tert-OH is 1. The van der Waals surface area contributed by atoms with Gasteiger partial charge in [-0.2, -0.15) is 4.68 Å². The lowest BCUT2D eigenvalue weighted by Crippen LogP contribution is -2.44. The van der Waals surface area contributed by atoms with E-state index in [1.807, 2.05) is 42.3 Å². The SMILES string of the molecule is CN(c1nnnn1-c1ccccc1)C1CCCCC1O. The minimum absolute atomic E-state index is 0.0808. The van der Waals surface area contributed by atoms with Crippen LogP contribution in [0.15, 0.2) is 30.3 Å². The molecule has 20 heavy (non-hydrogen) atoms. The molecule has 1 N–H and O–H groups in total. The first-order chi connectivity index (χ1) is 9.77. The molecule has 2 aromatic rings. The fourth-order valence-corrected chi connectivity index (χ4v) is 2.83. The smallest absolute Gasteiger partial charge is 0.250 e. The van der Waals surface area contributed by atoms with Gasteiger partial charge in [-0.05, 0) is 35.4 Å². The van der Waals surface area contributed by atoms with Crippen LogP contribution in [0.4, 0.5) is 5.95 Å². The zero-order valence-electron chi connectivity index (χ0n) is 11.6. The second kappa shape index (κ2) is 5.58. The number of para-hydroxylation sites is 1. The summed E-state index contributed by atoms with van der Waals surface area (Å²) in [6.07, 6.45) is 3.74. The molecule has 1 heterocycles. The zero-order chi connectivity index (χ0) is 13.9. The first-order valence-electron chi connectivity index (χ1n) is 7.02. The summed E-state index contributed by atoms with van der Waals surface area (Å²) in [7, 11) is 1.95. The number of hydrogen-bond donors (Lipinski definition) is 1. The van der Waals surface area contributed by atoms with Crippen LogP contribution in [0.5, 0.6) is 0 Å². The second-order valence-corrected chi connectivity index (χ2v) is 5.26. The molecule has 0 saturated heterocycles. The summed E-state index contributed by atoms with van der Waals surface area (Å²) in [5.41, 5.74) is 0.921. The lowest BCUT2D eigenvalue weighted by molar-refractivity contribution is 0.105. The molecule has 0 spiro atoms. The van der Waals surface area contributed by atoms with E-state index in [9.17, 15) is 5.11 Å². The normalized spacial score (nSPS) is 22.7. The predicted molar refractivity (Wildman–Crippen MR) is 75.8 cm³/mol. The van der Waals surface area contributed by atoms with Crippen molar-refractivity contribution < 1.29 is 5.11 Å². The average molecular weight is 273 g/mol. The van der Waals surface area contributed by atoms with Gasteiger partial charge in [-0.15, -0.1) is 0 Å². The Morgan fingerprint density at radius 3 is 2.70 bits per heavy atom. The minimum Gasteiger partial charge on any atom is -0.391 e. The molecular formula is C14H19N5O. The molecule has 0 bridgehead atoms. The van der Waals surface area contributed by atoms with E-state index >= 15 is 0 Å². The first kappa shape index (κ1) is 13.1. The third-order valence-electron chi connectivity index (χ3n) is 3.96. The molecule has 0 aliphatic heterocycles. The summed E-state index contributed by atoms with van der Waals surface area (Å²) in [6, 6.07) is 9.88. The summed E-state index contributed by atoms with van der Waals surface area (Å²) in [6.45, 7) is 0. The van der Waals surface area contributed by atoms with Crippen molar-refractivity contribution in [3.05, 3.63) is 30.3 Å². The van der Waals surface area contributed by atoms with Crippen LogP contribution in [-0.4, -0.2) is 44.5 Å². The van der Waals surface area contributed by atoms with Crippen molar-refractivity contribution in [3.63, 3.8) is 0 Å². The van der Waals surface area contributed by atoms with Crippen molar-refractivity contribution in [1.29, 1.82) is 0 Å². The van der Waals surface area contributed by atoms with Crippen molar-refractivity contribution in [1.82, 2.24) is 20.2 Å². The Hall–Kier alpha value is -1.95. The highest BCUT2D eigenvalue weighted by Gasteiger charge is 2.29. The largest absolute Gasteiger partial charge is 0.391 e. The Morgan fingerprint density at radius 2 is 1.95 bits per heavy atom. The van der Waals surface area contributed by atoms with Gasteiger partial charge in [0, 0.05) is 7.05 Å². The van der Waals surface area contributed by atoms with Crippen molar-refractivity contribution in [2.75, 3.05) is 11.9 Å². The maximum absolute atomic E-state index is 10.2.